The van der Waals surface area contributed by atoms with Crippen molar-refractivity contribution < 1.29 is 5.11 Å². The third-order valence-corrected chi connectivity index (χ3v) is 5.99. The Kier molecular flexibility index (Phi) is 15.9. The predicted octanol–water partition coefficient (Wildman–Crippen LogP) is 7.15. The highest BCUT2D eigenvalue weighted by Gasteiger charge is 2.25. The monoisotopic (exact) mass is 387 g/mol. The van der Waals surface area contributed by atoms with Crippen molar-refractivity contribution in [2.75, 3.05) is 19.6 Å². The average Bonchev–Trinajstić information content (AvgIpc) is 2.62. The predicted molar refractivity (Wildman–Crippen MR) is 118 cm³/mol. The van der Waals surface area contributed by atoms with Crippen molar-refractivity contribution in [3.8, 4) is 0 Å². The molecule has 1 heterocycles. The standard InChI is InChI=1S/C13H25Cl.C10H21NO/c1-5-8-11-13(4,10-7-3)12(14)9-6-2;1-2-6-10(12)9-11-7-4-3-5-8-11/h9H,5-8,10-11H2,1-4H3;10,12H,2-9H2,1H3/b12-9+;. The summed E-state index contributed by atoms with van der Waals surface area (Å²) in [4.78, 5) is 2.39. The minimum absolute atomic E-state index is 0.0897. The van der Waals surface area contributed by atoms with Crippen molar-refractivity contribution in [1.82, 2.24) is 4.90 Å². The Morgan fingerprint density at radius 1 is 1.04 bits per heavy atom. The van der Waals surface area contributed by atoms with Gasteiger partial charge in [-0.15, -0.1) is 0 Å². The Hall–Kier alpha value is -0.0500. The molecule has 1 aliphatic heterocycles. The minimum Gasteiger partial charge on any atom is -0.392 e. The quantitative estimate of drug-likeness (QED) is 0.406. The van der Waals surface area contributed by atoms with E-state index in [-0.39, 0.29) is 11.5 Å². The number of aliphatic hydroxyl groups excluding tert-OH is 1. The SMILES string of the molecule is CC/C=C(/Cl)C(C)(CCC)CCCC.CCCC(O)CN1CCCCC1. The molecule has 0 bridgehead atoms. The van der Waals surface area contributed by atoms with Crippen LogP contribution in [-0.2, 0) is 0 Å². The van der Waals surface area contributed by atoms with Gasteiger partial charge in [-0.2, -0.15) is 0 Å². The molecule has 0 aromatic heterocycles. The molecule has 0 saturated carbocycles. The molecule has 1 aliphatic rings. The van der Waals surface area contributed by atoms with E-state index in [1.165, 1.54) is 64.5 Å². The molecule has 26 heavy (non-hydrogen) atoms. The first-order valence-electron chi connectivity index (χ1n) is 11.2. The number of allylic oxidation sites excluding steroid dienone is 2. The maximum Gasteiger partial charge on any atom is 0.0667 e. The fraction of sp³-hybridized carbons (Fsp3) is 0.913. The first-order valence-corrected chi connectivity index (χ1v) is 11.6. The molecule has 3 heteroatoms. The molecular weight excluding hydrogens is 342 g/mol. The van der Waals surface area contributed by atoms with Gasteiger partial charge in [-0.05, 0) is 51.6 Å². The van der Waals surface area contributed by atoms with Gasteiger partial charge in [0.15, 0.2) is 0 Å². The highest BCUT2D eigenvalue weighted by molar-refractivity contribution is 6.30. The highest BCUT2D eigenvalue weighted by Crippen LogP contribution is 2.39. The van der Waals surface area contributed by atoms with Crippen LogP contribution in [0, 0.1) is 5.41 Å². The van der Waals surface area contributed by atoms with E-state index in [2.05, 4.69) is 45.6 Å². The summed E-state index contributed by atoms with van der Waals surface area (Å²) in [6.07, 6.45) is 15.4. The van der Waals surface area contributed by atoms with E-state index in [0.717, 1.165) is 30.8 Å². The van der Waals surface area contributed by atoms with E-state index in [0.29, 0.717) is 0 Å². The fourth-order valence-corrected chi connectivity index (χ4v) is 4.12. The second kappa shape index (κ2) is 16.0. The van der Waals surface area contributed by atoms with Gasteiger partial charge in [-0.1, -0.05) is 84.4 Å². The summed E-state index contributed by atoms with van der Waals surface area (Å²) in [5.41, 5.74) is 0.238. The van der Waals surface area contributed by atoms with Crippen LogP contribution in [0.5, 0.6) is 0 Å². The molecule has 1 saturated heterocycles. The molecule has 156 valence electrons. The highest BCUT2D eigenvalue weighted by atomic mass is 35.5. The second-order valence-corrected chi connectivity index (χ2v) is 8.59. The maximum atomic E-state index is 9.56. The number of rotatable bonds is 11. The van der Waals surface area contributed by atoms with Crippen LogP contribution in [-0.4, -0.2) is 35.7 Å². The van der Waals surface area contributed by atoms with Crippen LogP contribution in [0.2, 0.25) is 0 Å². The zero-order valence-corrected chi connectivity index (χ0v) is 19.1. The number of nitrogens with zero attached hydrogens (tertiary/aromatic N) is 1. The topological polar surface area (TPSA) is 23.5 Å². The van der Waals surface area contributed by atoms with Crippen molar-refractivity contribution in [1.29, 1.82) is 0 Å². The third kappa shape index (κ3) is 11.6. The zero-order chi connectivity index (χ0) is 19.8. The summed E-state index contributed by atoms with van der Waals surface area (Å²) in [6, 6.07) is 0. The van der Waals surface area contributed by atoms with Crippen LogP contribution >= 0.6 is 11.6 Å². The van der Waals surface area contributed by atoms with Crippen LogP contribution in [0.25, 0.3) is 0 Å². The molecule has 0 aliphatic carbocycles. The summed E-state index contributed by atoms with van der Waals surface area (Å²) in [6.45, 7) is 14.3. The number of unbranched alkanes of at least 4 members (excludes halogenated alkanes) is 1. The number of β-amino-alcohol motifs (C(OH)–C–C–N with tert-alkyl or cyclic N) is 1. The molecule has 1 rings (SSSR count). The lowest BCUT2D eigenvalue weighted by molar-refractivity contribution is 0.0943. The van der Waals surface area contributed by atoms with Gasteiger partial charge in [0, 0.05) is 17.0 Å². The molecular formula is C23H46ClNO. The Balaban J connectivity index is 0.000000485. The molecule has 1 N–H and O–H groups in total. The smallest absolute Gasteiger partial charge is 0.0667 e. The summed E-state index contributed by atoms with van der Waals surface area (Å²) in [5.74, 6) is 0. The van der Waals surface area contributed by atoms with Crippen molar-refractivity contribution in [3.05, 3.63) is 11.1 Å². The van der Waals surface area contributed by atoms with E-state index < -0.39 is 0 Å². The van der Waals surface area contributed by atoms with Gasteiger partial charge >= 0.3 is 0 Å². The number of halogens is 1. The molecule has 0 amide bonds. The number of likely N-dealkylation sites (tertiary alicyclic amines) is 1. The molecule has 2 unspecified atom stereocenters. The van der Waals surface area contributed by atoms with Gasteiger partial charge in [0.25, 0.3) is 0 Å². The maximum absolute atomic E-state index is 9.56. The zero-order valence-electron chi connectivity index (χ0n) is 18.3. The van der Waals surface area contributed by atoms with Crippen molar-refractivity contribution in [2.24, 2.45) is 5.41 Å². The van der Waals surface area contributed by atoms with Gasteiger partial charge in [0.05, 0.1) is 6.10 Å². The molecule has 2 nitrogen and oxygen atoms in total. The van der Waals surface area contributed by atoms with Crippen LogP contribution in [0.15, 0.2) is 11.1 Å². The number of piperidine rings is 1. The van der Waals surface area contributed by atoms with E-state index in [9.17, 15) is 5.11 Å². The summed E-state index contributed by atoms with van der Waals surface area (Å²) >= 11 is 6.36. The Morgan fingerprint density at radius 3 is 2.19 bits per heavy atom. The third-order valence-electron chi connectivity index (χ3n) is 5.38. The van der Waals surface area contributed by atoms with Crippen LogP contribution in [0.3, 0.4) is 0 Å². The molecule has 2 atom stereocenters. The van der Waals surface area contributed by atoms with E-state index in [4.69, 9.17) is 11.6 Å². The van der Waals surface area contributed by atoms with E-state index in [1.807, 2.05) is 0 Å². The summed E-state index contributed by atoms with van der Waals surface area (Å²) in [5, 5.41) is 10.6. The normalized spacial score (nSPS) is 19.4. The van der Waals surface area contributed by atoms with Crippen molar-refractivity contribution >= 4 is 11.6 Å². The molecule has 0 radical (unpaired) electrons. The van der Waals surface area contributed by atoms with Gasteiger partial charge in [-0.25, -0.2) is 0 Å². The summed E-state index contributed by atoms with van der Waals surface area (Å²) < 4.78 is 0. The number of hydrogen-bond acceptors (Lipinski definition) is 2. The Morgan fingerprint density at radius 2 is 1.69 bits per heavy atom. The lowest BCUT2D eigenvalue weighted by Gasteiger charge is -2.29. The van der Waals surface area contributed by atoms with Gasteiger partial charge in [0.1, 0.15) is 0 Å². The number of aliphatic hydroxyl groups is 1. The molecule has 0 spiro atoms. The van der Waals surface area contributed by atoms with Gasteiger partial charge in [-0.3, -0.25) is 0 Å². The van der Waals surface area contributed by atoms with Crippen LogP contribution in [0.1, 0.15) is 105 Å². The fourth-order valence-electron chi connectivity index (χ4n) is 3.77. The van der Waals surface area contributed by atoms with Crippen LogP contribution in [0.4, 0.5) is 0 Å². The lowest BCUT2D eigenvalue weighted by Crippen LogP contribution is -2.36. The largest absolute Gasteiger partial charge is 0.392 e. The van der Waals surface area contributed by atoms with Crippen LogP contribution < -0.4 is 0 Å². The second-order valence-electron chi connectivity index (χ2n) is 8.18. The van der Waals surface area contributed by atoms with Crippen molar-refractivity contribution in [2.45, 2.75) is 111 Å². The van der Waals surface area contributed by atoms with E-state index in [1.54, 1.807) is 0 Å². The van der Waals surface area contributed by atoms with E-state index >= 15 is 0 Å². The Bertz CT molecular complexity index is 352. The molecule has 0 aromatic carbocycles. The summed E-state index contributed by atoms with van der Waals surface area (Å²) in [7, 11) is 0. The minimum atomic E-state index is -0.0897. The first-order chi connectivity index (χ1) is 12.4. The molecule has 0 aromatic rings. The average molecular weight is 388 g/mol. The lowest BCUT2D eigenvalue weighted by atomic mass is 9.80. The number of hydrogen-bond donors (Lipinski definition) is 1. The molecule has 1 fully saturated rings. The van der Waals surface area contributed by atoms with Gasteiger partial charge in [0.2, 0.25) is 0 Å². The Labute approximate surface area is 169 Å². The van der Waals surface area contributed by atoms with Gasteiger partial charge < -0.3 is 10.0 Å². The first kappa shape index (κ1) is 26.0. The van der Waals surface area contributed by atoms with Crippen molar-refractivity contribution in [3.63, 3.8) is 0 Å².